The van der Waals surface area contributed by atoms with Crippen molar-refractivity contribution in [1.82, 2.24) is 0 Å². The number of nitriles is 1. The van der Waals surface area contributed by atoms with E-state index in [1.54, 1.807) is 31.2 Å². The second-order valence-corrected chi connectivity index (χ2v) is 4.22. The Morgan fingerprint density at radius 2 is 1.79 bits per heavy atom. The average molecular weight is 261 g/mol. The molecule has 0 unspecified atom stereocenters. The molecule has 19 heavy (non-hydrogen) atoms. The SMILES string of the molecule is Cc1cc(C#N)ccc1-c1cccc(C(F)(F)F)c1. The third-order valence-corrected chi connectivity index (χ3v) is 2.86. The van der Waals surface area contributed by atoms with Crippen LogP contribution in [0.2, 0.25) is 0 Å². The number of benzene rings is 2. The van der Waals surface area contributed by atoms with Gasteiger partial charge in [0.1, 0.15) is 0 Å². The quantitative estimate of drug-likeness (QED) is 0.738. The molecule has 4 heteroatoms. The van der Waals surface area contributed by atoms with Crippen LogP contribution in [-0.4, -0.2) is 0 Å². The van der Waals surface area contributed by atoms with E-state index in [1.165, 1.54) is 6.07 Å². The fourth-order valence-corrected chi connectivity index (χ4v) is 1.92. The molecule has 96 valence electrons. The minimum atomic E-state index is -4.35. The minimum Gasteiger partial charge on any atom is -0.192 e. The Morgan fingerprint density at radius 3 is 2.37 bits per heavy atom. The van der Waals surface area contributed by atoms with Crippen molar-refractivity contribution in [3.8, 4) is 17.2 Å². The van der Waals surface area contributed by atoms with Crippen molar-refractivity contribution in [1.29, 1.82) is 5.26 Å². The number of nitrogens with zero attached hydrogens (tertiary/aromatic N) is 1. The summed E-state index contributed by atoms with van der Waals surface area (Å²) < 4.78 is 38.0. The molecule has 1 nitrogen and oxygen atoms in total. The fourth-order valence-electron chi connectivity index (χ4n) is 1.92. The third-order valence-electron chi connectivity index (χ3n) is 2.86. The monoisotopic (exact) mass is 261 g/mol. The van der Waals surface area contributed by atoms with E-state index in [-0.39, 0.29) is 0 Å². The van der Waals surface area contributed by atoms with Gasteiger partial charge in [-0.2, -0.15) is 18.4 Å². The number of rotatable bonds is 1. The number of hydrogen-bond acceptors (Lipinski definition) is 1. The zero-order chi connectivity index (χ0) is 14.0. The number of alkyl halides is 3. The lowest BCUT2D eigenvalue weighted by molar-refractivity contribution is -0.137. The normalized spacial score (nSPS) is 11.1. The Bertz CT molecular complexity index is 651. The molecule has 0 fully saturated rings. The van der Waals surface area contributed by atoms with Gasteiger partial charge in [-0.05, 0) is 47.9 Å². The van der Waals surface area contributed by atoms with Gasteiger partial charge in [-0.25, -0.2) is 0 Å². The highest BCUT2D eigenvalue weighted by atomic mass is 19.4. The summed E-state index contributed by atoms with van der Waals surface area (Å²) in [6.07, 6.45) is -4.35. The molecule has 0 heterocycles. The predicted octanol–water partition coefficient (Wildman–Crippen LogP) is 4.55. The summed E-state index contributed by atoms with van der Waals surface area (Å²) in [5.74, 6) is 0. The predicted molar refractivity (Wildman–Crippen MR) is 66.3 cm³/mol. The maximum Gasteiger partial charge on any atom is 0.416 e. The molecule has 0 saturated carbocycles. The van der Waals surface area contributed by atoms with Crippen LogP contribution in [0.4, 0.5) is 13.2 Å². The minimum absolute atomic E-state index is 0.494. The highest BCUT2D eigenvalue weighted by Crippen LogP contribution is 2.33. The van der Waals surface area contributed by atoms with Crippen LogP contribution in [-0.2, 0) is 6.18 Å². The Balaban J connectivity index is 2.51. The number of hydrogen-bond donors (Lipinski definition) is 0. The van der Waals surface area contributed by atoms with Crippen LogP contribution < -0.4 is 0 Å². The van der Waals surface area contributed by atoms with Gasteiger partial charge in [0.2, 0.25) is 0 Å². The van der Waals surface area contributed by atoms with Crippen molar-refractivity contribution >= 4 is 0 Å². The van der Waals surface area contributed by atoms with Crippen molar-refractivity contribution in [3.05, 3.63) is 59.2 Å². The van der Waals surface area contributed by atoms with E-state index in [0.717, 1.165) is 17.7 Å². The smallest absolute Gasteiger partial charge is 0.192 e. The van der Waals surface area contributed by atoms with Gasteiger partial charge < -0.3 is 0 Å². The van der Waals surface area contributed by atoms with Crippen LogP contribution in [0.5, 0.6) is 0 Å². The van der Waals surface area contributed by atoms with Crippen LogP contribution in [0.1, 0.15) is 16.7 Å². The average Bonchev–Trinajstić information content (AvgIpc) is 2.37. The summed E-state index contributed by atoms with van der Waals surface area (Å²) in [6.45, 7) is 1.77. The molecule has 0 aliphatic carbocycles. The molecule has 2 aromatic rings. The van der Waals surface area contributed by atoms with Crippen molar-refractivity contribution in [2.75, 3.05) is 0 Å². The summed E-state index contributed by atoms with van der Waals surface area (Å²) in [6, 6.07) is 12.1. The lowest BCUT2D eigenvalue weighted by Gasteiger charge is -2.10. The van der Waals surface area contributed by atoms with Crippen LogP contribution >= 0.6 is 0 Å². The molecular formula is C15H10F3N. The molecule has 0 saturated heterocycles. The summed E-state index contributed by atoms with van der Waals surface area (Å²) >= 11 is 0. The lowest BCUT2D eigenvalue weighted by Crippen LogP contribution is -2.04. The summed E-state index contributed by atoms with van der Waals surface area (Å²) in [5.41, 5.74) is 1.79. The standard InChI is InChI=1S/C15H10F3N/c1-10-7-11(9-19)5-6-14(10)12-3-2-4-13(8-12)15(16,17)18/h2-8H,1H3. The Kier molecular flexibility index (Phi) is 3.30. The first kappa shape index (κ1) is 13.2. The van der Waals surface area contributed by atoms with Gasteiger partial charge in [-0.1, -0.05) is 18.2 Å². The first-order valence-electron chi connectivity index (χ1n) is 5.60. The van der Waals surface area contributed by atoms with Crippen LogP contribution in [0.3, 0.4) is 0 Å². The molecule has 0 radical (unpaired) electrons. The highest BCUT2D eigenvalue weighted by molar-refractivity contribution is 5.68. The van der Waals surface area contributed by atoms with Crippen LogP contribution in [0.15, 0.2) is 42.5 Å². The topological polar surface area (TPSA) is 23.8 Å². The molecule has 2 rings (SSSR count). The molecule has 0 spiro atoms. The lowest BCUT2D eigenvalue weighted by atomic mass is 9.97. The first-order valence-corrected chi connectivity index (χ1v) is 5.60. The second kappa shape index (κ2) is 4.77. The Morgan fingerprint density at radius 1 is 1.05 bits per heavy atom. The van der Waals surface area contributed by atoms with E-state index in [2.05, 4.69) is 0 Å². The van der Waals surface area contributed by atoms with Crippen LogP contribution in [0.25, 0.3) is 11.1 Å². The van der Waals surface area contributed by atoms with Gasteiger partial charge in [0.05, 0.1) is 17.2 Å². The zero-order valence-corrected chi connectivity index (χ0v) is 10.1. The van der Waals surface area contributed by atoms with E-state index < -0.39 is 11.7 Å². The molecule has 2 aromatic carbocycles. The van der Waals surface area contributed by atoms with E-state index in [0.29, 0.717) is 16.7 Å². The van der Waals surface area contributed by atoms with Crippen molar-refractivity contribution in [2.24, 2.45) is 0 Å². The molecule has 0 aliphatic rings. The summed E-state index contributed by atoms with van der Waals surface area (Å²) in [7, 11) is 0. The molecule has 0 amide bonds. The molecule has 0 atom stereocenters. The maximum atomic E-state index is 12.7. The number of halogens is 3. The zero-order valence-electron chi connectivity index (χ0n) is 10.1. The van der Waals surface area contributed by atoms with Gasteiger partial charge in [-0.15, -0.1) is 0 Å². The van der Waals surface area contributed by atoms with E-state index >= 15 is 0 Å². The summed E-state index contributed by atoms with van der Waals surface area (Å²) in [5, 5.41) is 8.78. The number of aryl methyl sites for hydroxylation is 1. The molecule has 0 N–H and O–H groups in total. The summed E-state index contributed by atoms with van der Waals surface area (Å²) in [4.78, 5) is 0. The van der Waals surface area contributed by atoms with Gasteiger partial charge in [0.25, 0.3) is 0 Å². The molecule has 0 aliphatic heterocycles. The Labute approximate surface area is 108 Å². The van der Waals surface area contributed by atoms with Crippen LogP contribution in [0, 0.1) is 18.3 Å². The molecule has 0 aromatic heterocycles. The fraction of sp³-hybridized carbons (Fsp3) is 0.133. The highest BCUT2D eigenvalue weighted by Gasteiger charge is 2.30. The first-order chi connectivity index (χ1) is 8.91. The van der Waals surface area contributed by atoms with Gasteiger partial charge in [0.15, 0.2) is 0 Å². The van der Waals surface area contributed by atoms with Gasteiger partial charge in [0, 0.05) is 0 Å². The van der Waals surface area contributed by atoms with E-state index in [4.69, 9.17) is 5.26 Å². The van der Waals surface area contributed by atoms with Crippen molar-refractivity contribution in [2.45, 2.75) is 13.1 Å². The van der Waals surface area contributed by atoms with Crippen molar-refractivity contribution < 1.29 is 13.2 Å². The molecular weight excluding hydrogens is 251 g/mol. The second-order valence-electron chi connectivity index (χ2n) is 4.22. The van der Waals surface area contributed by atoms with Gasteiger partial charge >= 0.3 is 6.18 Å². The molecule has 0 bridgehead atoms. The Hall–Kier alpha value is -2.28. The maximum absolute atomic E-state index is 12.7. The van der Waals surface area contributed by atoms with Crippen molar-refractivity contribution in [3.63, 3.8) is 0 Å². The van der Waals surface area contributed by atoms with E-state index in [9.17, 15) is 13.2 Å². The third kappa shape index (κ3) is 2.76. The largest absolute Gasteiger partial charge is 0.416 e. The van der Waals surface area contributed by atoms with Gasteiger partial charge in [-0.3, -0.25) is 0 Å². The van der Waals surface area contributed by atoms with E-state index in [1.807, 2.05) is 6.07 Å².